The first-order valence-electron chi connectivity index (χ1n) is 13.7. The van der Waals surface area contributed by atoms with Crippen LogP contribution in [0.5, 0.6) is 0 Å². The Balaban J connectivity index is 0. The summed E-state index contributed by atoms with van der Waals surface area (Å²) in [6, 6.07) is 9.62. The number of carbonyl (C=O) groups excluding carboxylic acids is 3. The number of ether oxygens (including phenoxy) is 3. The second kappa shape index (κ2) is 20.0. The van der Waals surface area contributed by atoms with E-state index in [2.05, 4.69) is 4.74 Å². The van der Waals surface area contributed by atoms with Gasteiger partial charge in [0.15, 0.2) is 0 Å². The Kier molecular flexibility index (Phi) is 19.5. The van der Waals surface area contributed by atoms with Crippen LogP contribution in [0.3, 0.4) is 0 Å². The van der Waals surface area contributed by atoms with Crippen LogP contribution in [0.25, 0.3) is 10.9 Å². The van der Waals surface area contributed by atoms with Gasteiger partial charge in [-0.25, -0.2) is 9.59 Å². The zero-order valence-electron chi connectivity index (χ0n) is 25.6. The molecule has 218 valence electrons. The van der Waals surface area contributed by atoms with Gasteiger partial charge in [-0.1, -0.05) is 45.9 Å². The maximum Gasteiger partial charge on any atom is 0.418 e. The van der Waals surface area contributed by atoms with Crippen LogP contribution in [-0.2, 0) is 19.0 Å². The topological polar surface area (TPSA) is 87.1 Å². The molecule has 0 N–H and O–H groups in total. The smallest absolute Gasteiger partial charge is 0.418 e. The molecule has 2 heterocycles. The van der Waals surface area contributed by atoms with Crippen molar-refractivity contribution in [1.82, 2.24) is 9.47 Å². The summed E-state index contributed by atoms with van der Waals surface area (Å²) in [7, 11) is 0. The second-order valence-electron chi connectivity index (χ2n) is 9.80. The molecule has 0 bridgehead atoms. The van der Waals surface area contributed by atoms with Crippen molar-refractivity contribution < 1.29 is 28.6 Å². The van der Waals surface area contributed by atoms with Gasteiger partial charge in [0.05, 0.1) is 12.1 Å². The Hall–Kier alpha value is -3.03. The summed E-state index contributed by atoms with van der Waals surface area (Å²) in [5.41, 5.74) is 0.0357. The van der Waals surface area contributed by atoms with E-state index in [0.717, 1.165) is 36.8 Å². The summed E-state index contributed by atoms with van der Waals surface area (Å²) < 4.78 is 16.3. The van der Waals surface area contributed by atoms with Gasteiger partial charge in [-0.2, -0.15) is 0 Å². The number of aromatic nitrogens is 1. The molecule has 0 saturated carbocycles. The Bertz CT molecular complexity index is 903. The van der Waals surface area contributed by atoms with Crippen molar-refractivity contribution in [1.29, 1.82) is 0 Å². The van der Waals surface area contributed by atoms with Crippen LogP contribution in [-0.4, -0.2) is 59.0 Å². The lowest BCUT2D eigenvalue weighted by molar-refractivity contribution is -0.128. The zero-order chi connectivity index (χ0) is 29.8. The van der Waals surface area contributed by atoms with Crippen LogP contribution in [0.2, 0.25) is 0 Å². The molecule has 1 fully saturated rings. The van der Waals surface area contributed by atoms with Gasteiger partial charge in [0.2, 0.25) is 0 Å². The van der Waals surface area contributed by atoms with Crippen molar-refractivity contribution in [2.45, 2.75) is 107 Å². The molecular formula is C30H52N2O6. The minimum Gasteiger partial charge on any atom is -0.468 e. The third-order valence-corrected chi connectivity index (χ3v) is 4.43. The van der Waals surface area contributed by atoms with Gasteiger partial charge in [0, 0.05) is 24.7 Å². The van der Waals surface area contributed by atoms with Crippen LogP contribution in [0.15, 0.2) is 36.5 Å². The number of amides is 1. The fourth-order valence-corrected chi connectivity index (χ4v) is 3.02. The Morgan fingerprint density at radius 3 is 1.76 bits per heavy atom. The van der Waals surface area contributed by atoms with E-state index in [0.29, 0.717) is 13.1 Å². The Labute approximate surface area is 230 Å². The fraction of sp³-hybridized carbons (Fsp3) is 0.633. The molecule has 0 aliphatic carbocycles. The lowest BCUT2D eigenvalue weighted by atomic mass is 10.1. The van der Waals surface area contributed by atoms with Gasteiger partial charge < -0.3 is 19.1 Å². The highest BCUT2D eigenvalue weighted by molar-refractivity contribution is 5.89. The summed E-state index contributed by atoms with van der Waals surface area (Å²) in [6.07, 6.45) is 4.69. The van der Waals surface area contributed by atoms with Crippen LogP contribution < -0.4 is 0 Å². The van der Waals surface area contributed by atoms with Gasteiger partial charge in [0.1, 0.15) is 11.2 Å². The van der Waals surface area contributed by atoms with E-state index in [1.54, 1.807) is 18.0 Å². The van der Waals surface area contributed by atoms with E-state index in [9.17, 15) is 14.4 Å². The first kappa shape index (κ1) is 37.1. The molecule has 1 aromatic carbocycles. The first-order valence-corrected chi connectivity index (χ1v) is 13.7. The standard InChI is InChI=1S/C13H15NO2.C10H19NO2.C3H6O2.2C2H6/c1-13(2,3)16-12(15)14-9-8-10-6-4-5-7-11(10)14;1-10(2,3)13-9(12)11-7-5-4-6-8-11;1-2-5-3-4;2*1-2/h4-9H,1-3H3;4-8H2,1-3H3;3H,2H2,1H3;2*1-2H3. The summed E-state index contributed by atoms with van der Waals surface area (Å²) in [5.74, 6) is 0. The van der Waals surface area contributed by atoms with Crippen molar-refractivity contribution >= 4 is 29.6 Å². The SMILES string of the molecule is CC.CC.CC(C)(C)OC(=O)N1CCCCC1.CC(C)(C)OC(=O)n1ccc2ccccc21.CCOC=O. The maximum atomic E-state index is 11.9. The summed E-state index contributed by atoms with van der Waals surface area (Å²) in [5, 5.41) is 1.04. The number of fused-ring (bicyclic) bond motifs is 1. The van der Waals surface area contributed by atoms with E-state index in [1.807, 2.05) is 99.6 Å². The van der Waals surface area contributed by atoms with Gasteiger partial charge in [-0.05, 0) is 79.9 Å². The molecule has 1 amide bonds. The predicted octanol–water partition coefficient (Wildman–Crippen LogP) is 8.06. The fourth-order valence-electron chi connectivity index (χ4n) is 3.02. The summed E-state index contributed by atoms with van der Waals surface area (Å²) in [6.45, 7) is 23.6. The normalized spacial score (nSPS) is 12.4. The minimum atomic E-state index is -0.470. The molecule has 38 heavy (non-hydrogen) atoms. The van der Waals surface area contributed by atoms with Crippen molar-refractivity contribution in [3.63, 3.8) is 0 Å². The highest BCUT2D eigenvalue weighted by atomic mass is 16.6. The molecule has 2 aromatic rings. The molecule has 1 aromatic heterocycles. The Morgan fingerprint density at radius 2 is 1.32 bits per heavy atom. The minimum absolute atomic E-state index is 0.160. The van der Waals surface area contributed by atoms with Crippen LogP contribution in [0.1, 0.15) is 95.4 Å². The van der Waals surface area contributed by atoms with Gasteiger partial charge >= 0.3 is 12.2 Å². The lowest BCUT2D eigenvalue weighted by Gasteiger charge is -2.29. The quantitative estimate of drug-likeness (QED) is 0.285. The van der Waals surface area contributed by atoms with Crippen molar-refractivity contribution in [2.24, 2.45) is 0 Å². The zero-order valence-corrected chi connectivity index (χ0v) is 25.6. The lowest BCUT2D eigenvalue weighted by Crippen LogP contribution is -2.39. The van der Waals surface area contributed by atoms with E-state index in [4.69, 9.17) is 9.47 Å². The van der Waals surface area contributed by atoms with E-state index >= 15 is 0 Å². The number of para-hydroxylation sites is 1. The second-order valence-corrected chi connectivity index (χ2v) is 9.80. The molecular weight excluding hydrogens is 484 g/mol. The number of nitrogens with zero attached hydrogens (tertiary/aromatic N) is 2. The van der Waals surface area contributed by atoms with E-state index < -0.39 is 5.60 Å². The molecule has 0 radical (unpaired) electrons. The molecule has 1 aliphatic rings. The molecule has 0 spiro atoms. The van der Waals surface area contributed by atoms with Crippen molar-refractivity contribution in [3.8, 4) is 0 Å². The number of rotatable bonds is 2. The number of hydrogen-bond donors (Lipinski definition) is 0. The molecule has 0 unspecified atom stereocenters. The van der Waals surface area contributed by atoms with Crippen molar-refractivity contribution in [2.75, 3.05) is 19.7 Å². The van der Waals surface area contributed by atoms with Crippen LogP contribution >= 0.6 is 0 Å². The van der Waals surface area contributed by atoms with Crippen molar-refractivity contribution in [3.05, 3.63) is 36.5 Å². The molecule has 8 heteroatoms. The average molecular weight is 537 g/mol. The molecule has 8 nitrogen and oxygen atoms in total. The van der Waals surface area contributed by atoms with Gasteiger partial charge in [-0.3, -0.25) is 9.36 Å². The number of hydrogen-bond acceptors (Lipinski definition) is 6. The number of carbonyl (C=O) groups is 3. The maximum absolute atomic E-state index is 11.9. The largest absolute Gasteiger partial charge is 0.468 e. The highest BCUT2D eigenvalue weighted by Gasteiger charge is 2.23. The molecule has 0 atom stereocenters. The van der Waals surface area contributed by atoms with Crippen LogP contribution in [0, 0.1) is 0 Å². The molecule has 3 rings (SSSR count). The van der Waals surface area contributed by atoms with Gasteiger partial charge in [0.25, 0.3) is 6.47 Å². The summed E-state index contributed by atoms with van der Waals surface area (Å²) >= 11 is 0. The number of likely N-dealkylation sites (tertiary alicyclic amines) is 1. The van der Waals surface area contributed by atoms with Gasteiger partial charge in [-0.15, -0.1) is 0 Å². The monoisotopic (exact) mass is 536 g/mol. The third kappa shape index (κ3) is 16.7. The Morgan fingerprint density at radius 1 is 0.816 bits per heavy atom. The highest BCUT2D eigenvalue weighted by Crippen LogP contribution is 2.17. The van der Waals surface area contributed by atoms with Crippen LogP contribution in [0.4, 0.5) is 9.59 Å². The predicted molar refractivity (Wildman–Crippen MR) is 156 cm³/mol. The molecule has 1 aliphatic heterocycles. The third-order valence-electron chi connectivity index (χ3n) is 4.43. The van der Waals surface area contributed by atoms with E-state index in [1.165, 1.54) is 11.0 Å². The molecule has 1 saturated heterocycles. The van der Waals surface area contributed by atoms with E-state index in [-0.39, 0.29) is 17.8 Å². The first-order chi connectivity index (χ1) is 17.9. The number of benzene rings is 1. The summed E-state index contributed by atoms with van der Waals surface area (Å²) in [4.78, 5) is 34.4. The average Bonchev–Trinajstić information content (AvgIpc) is 3.31. The number of piperidine rings is 1.